The molecule has 21 N–H and O–H groups in total. The van der Waals surface area contributed by atoms with Gasteiger partial charge in [0, 0.05) is 46.2 Å². The lowest BCUT2D eigenvalue weighted by atomic mass is 9.95. The van der Waals surface area contributed by atoms with E-state index >= 15 is 0 Å². The van der Waals surface area contributed by atoms with Gasteiger partial charge >= 0.3 is 0 Å². The largest absolute Gasteiger partial charge is 0.387 e. The predicted molar refractivity (Wildman–Crippen MR) is 434 cm³/mol. The van der Waals surface area contributed by atoms with Crippen LogP contribution in [0.3, 0.4) is 0 Å². The van der Waals surface area contributed by atoms with Crippen LogP contribution in [0.25, 0.3) is 0 Å². The van der Waals surface area contributed by atoms with Crippen molar-refractivity contribution in [2.24, 2.45) is 0 Å². The molecule has 63 heteroatoms. The summed E-state index contributed by atoms with van der Waals surface area (Å²) in [5, 5.41) is 172. The molecule has 133 heavy (non-hydrogen) atoms. The Morgan fingerprint density at radius 3 is 0.361 bits per heavy atom. The minimum absolute atomic E-state index is 0.120. The van der Waals surface area contributed by atoms with Crippen LogP contribution in [-0.2, 0) is 170 Å². The lowest BCUT2D eigenvalue weighted by Crippen LogP contribution is -2.68. The average Bonchev–Trinajstić information content (AvgIpc) is 0.854. The van der Waals surface area contributed by atoms with Crippen LogP contribution < -0.4 is 0 Å². The number of unbranched alkanes of at least 4 members (excludes halogenated alkanes) is 7. The van der Waals surface area contributed by atoms with Crippen LogP contribution in [0, 0.1) is 0 Å². The summed E-state index contributed by atoms with van der Waals surface area (Å²) >= 11 is 0. The molecule has 56 nitrogen and oxygen atoms in total. The first kappa shape index (κ1) is 116. The molecule has 0 amide bonds. The molecule has 35 atom stereocenters. The monoisotopic (exact) mass is 2090 g/mol. The van der Waals surface area contributed by atoms with Crippen molar-refractivity contribution in [2.45, 2.75) is 305 Å². The molecule has 0 aromatic carbocycles. The third kappa shape index (κ3) is 38.2. The maximum atomic E-state index is 12.3. The third-order valence-electron chi connectivity index (χ3n) is 22.1. The summed E-state index contributed by atoms with van der Waals surface area (Å²) in [5.41, 5.74) is 0. The van der Waals surface area contributed by atoms with Gasteiger partial charge in [0.25, 0.3) is 70.8 Å². The van der Waals surface area contributed by atoms with E-state index in [1.165, 1.54) is 0 Å². The maximum absolute atomic E-state index is 12.3. The third-order valence-corrected chi connectivity index (χ3v) is 27.7. The SMILES string of the molecule is O=S(=O)(O)CCCCOC[C@@H]1O[C@H]2O[C@@H]3[C@H](O)[C@@H](O)[C@H](O[C@@H]4[C@H](O)[C@@H](O)[C@@H](O[C@H]4COCCCCS(=O)(=O)O)O[C@@H]4C(O)[C@H](O)[C@H](O[C@@H]5[C@@H](O)[C@H](O)[C@H](O[C@@H]6[C@@H](O)[C@H](O)[C@H](O[C@@H]7[C@@H](O)[C@@H](O)C(O[C@@H]1[C@H](O)[C@H]2O)O[C@@H]7COCCCCS(=O)(=O)O)O[C@@H]6COCCCCS(=O)(=O)O)O[C@@H]5COCCCCS(=O)(=O)O)O[C@@H]4COCCCCS(=O)(=O)O)O[C@H]3COCCCCS(=O)(=O)O. The summed E-state index contributed by atoms with van der Waals surface area (Å²) in [6.07, 6.45) is -80.1. The van der Waals surface area contributed by atoms with Gasteiger partial charge < -0.3 is 171 Å². The highest BCUT2D eigenvalue weighted by Crippen LogP contribution is 2.40. The van der Waals surface area contributed by atoms with E-state index in [2.05, 4.69) is 0 Å². The zero-order valence-corrected chi connectivity index (χ0v) is 77.2. The first-order valence-corrected chi connectivity index (χ1v) is 53.8. The molecule has 0 spiro atoms. The second-order valence-electron chi connectivity index (χ2n) is 32.9. The van der Waals surface area contributed by atoms with Crippen molar-refractivity contribution in [3.8, 4) is 0 Å². The van der Waals surface area contributed by atoms with E-state index in [-0.39, 0.29) is 136 Å². The number of aliphatic hydroxyl groups is 14. The van der Waals surface area contributed by atoms with Crippen molar-refractivity contribution in [1.82, 2.24) is 0 Å². The smallest absolute Gasteiger partial charge is 0.264 e. The fraction of sp³-hybridized carbons (Fsp3) is 1.00. The van der Waals surface area contributed by atoms with Crippen LogP contribution in [0.15, 0.2) is 0 Å². The lowest BCUT2D eigenvalue weighted by Gasteiger charge is -2.50. The normalized spacial score (nSPS) is 37.9. The van der Waals surface area contributed by atoms with Gasteiger partial charge in [-0.3, -0.25) is 31.9 Å². The van der Waals surface area contributed by atoms with Gasteiger partial charge in [0.1, 0.15) is 171 Å². The molecule has 21 aliphatic rings. The Bertz CT molecular complexity index is 3520. The van der Waals surface area contributed by atoms with Crippen LogP contribution >= 0.6 is 0 Å². The van der Waals surface area contributed by atoms with Crippen molar-refractivity contribution in [1.29, 1.82) is 0 Å². The molecule has 0 aromatic rings. The van der Waals surface area contributed by atoms with E-state index < -0.39 is 372 Å². The number of rotatable bonds is 49. The Labute approximate surface area is 766 Å². The van der Waals surface area contributed by atoms with Crippen molar-refractivity contribution < 1.29 is 262 Å². The highest BCUT2D eigenvalue weighted by molar-refractivity contribution is 7.87. The standard InChI is InChI=1S/C70H126O56S7/c71-43-50(78)64-113-36(29-106-15-1-8-22-127(85,86)87)57(43)120-65-51(79)44(72)59(38(114-65)31-108-17-3-10-24-129(91,92)93)122-67-53(81)46(74)61(40(116-67)33-110-19-5-12-26-131(97,98)99)124-69-55(83)48(76)63(42(118-69)35-112-21-7-14-28-133(103,104)105)126-70-56(84)49(77)62(41(119-70)34-111-20-6-13-27-132(100,101)102)125-68-54(82)47(75)60(39(117-68)32-109-18-4-11-25-130(94,95)96)123-66-52(80)45(73)58(121-64)37(115-66)30-107-16-2-9-23-128(88,89)90/h36-84H,1-35H2,(H,85,86,87)(H,88,89,90)(H,91,92,93)(H,94,95,96)(H,97,98,99)(H,100,101,102)(H,103,104,105)/t36-,37-,38-,39-,40+,41+,42+,43+,44?,45+,46-,47+,48-,49-,50+,51+,52+,53-,54-,55-,56-,57+,58+,59+,60+,61+,62+,63+,64+,65+,66+,67+,68?,69+,70+/m1/s1. The first-order chi connectivity index (χ1) is 62.2. The summed E-state index contributed by atoms with van der Waals surface area (Å²) in [7, 11) is -31.6. The minimum Gasteiger partial charge on any atom is -0.387 e. The summed E-state index contributed by atoms with van der Waals surface area (Å²) in [4.78, 5) is 0. The van der Waals surface area contributed by atoms with Gasteiger partial charge in [-0.25, -0.2) is 0 Å². The van der Waals surface area contributed by atoms with Crippen molar-refractivity contribution in [3.63, 3.8) is 0 Å². The predicted octanol–water partition coefficient (Wildman–Crippen LogP) is -10.4. The van der Waals surface area contributed by atoms with Crippen molar-refractivity contribution in [3.05, 3.63) is 0 Å². The number of aliphatic hydroxyl groups excluding tert-OH is 14. The molecule has 21 fully saturated rings. The number of ether oxygens (including phenoxy) is 21. The molecule has 0 radical (unpaired) electrons. The van der Waals surface area contributed by atoms with Gasteiger partial charge in [0.2, 0.25) is 0 Å². The molecule has 0 saturated carbocycles. The Morgan fingerprint density at radius 1 is 0.158 bits per heavy atom. The quantitative estimate of drug-likeness (QED) is 0.0199. The highest BCUT2D eigenvalue weighted by Gasteiger charge is 2.60. The molecular weight excluding hydrogens is 1960 g/mol. The second kappa shape index (κ2) is 53.5. The first-order valence-electron chi connectivity index (χ1n) is 42.6. The number of hydrogen-bond acceptors (Lipinski definition) is 49. The summed E-state index contributed by atoms with van der Waals surface area (Å²) < 4.78 is 357. The van der Waals surface area contributed by atoms with Gasteiger partial charge in [-0.15, -0.1) is 0 Å². The van der Waals surface area contributed by atoms with Gasteiger partial charge in [-0.05, 0) is 89.9 Å². The Balaban J connectivity index is 1.24. The highest BCUT2D eigenvalue weighted by atomic mass is 32.2. The van der Waals surface area contributed by atoms with Crippen LogP contribution in [0.1, 0.15) is 89.9 Å². The second-order valence-corrected chi connectivity index (χ2v) is 43.9. The van der Waals surface area contributed by atoms with Crippen LogP contribution in [0.4, 0.5) is 0 Å². The molecule has 21 saturated heterocycles. The van der Waals surface area contributed by atoms with Crippen LogP contribution in [-0.4, -0.2) is 510 Å². The van der Waals surface area contributed by atoms with Crippen molar-refractivity contribution >= 4 is 70.8 Å². The minimum atomic E-state index is -4.52. The fourth-order valence-electron chi connectivity index (χ4n) is 15.1. The zero-order valence-electron chi connectivity index (χ0n) is 71.5. The molecular formula is C70H126O56S7. The van der Waals surface area contributed by atoms with E-state index in [0.717, 1.165) is 0 Å². The van der Waals surface area contributed by atoms with E-state index in [9.17, 15) is 162 Å². The molecule has 784 valence electrons. The average molecular weight is 2090 g/mol. The molecule has 0 aromatic heterocycles. The molecule has 21 rings (SSSR count). The van der Waals surface area contributed by atoms with E-state index in [0.29, 0.717) is 0 Å². The molecule has 14 bridgehead atoms. The molecule has 2 unspecified atom stereocenters. The molecule has 0 aliphatic carbocycles. The van der Waals surface area contributed by atoms with Crippen LogP contribution in [0.5, 0.6) is 0 Å². The summed E-state index contributed by atoms with van der Waals surface area (Å²) in [6, 6.07) is 0. The fourth-order valence-corrected chi connectivity index (χ4v) is 19.1. The Kier molecular flexibility index (Phi) is 46.8. The molecule has 21 heterocycles. The van der Waals surface area contributed by atoms with E-state index in [1.807, 2.05) is 0 Å². The van der Waals surface area contributed by atoms with Gasteiger partial charge in [0.05, 0.1) is 86.5 Å². The van der Waals surface area contributed by atoms with E-state index in [4.69, 9.17) is 99.5 Å². The zero-order chi connectivity index (χ0) is 98.3. The van der Waals surface area contributed by atoms with E-state index in [1.54, 1.807) is 0 Å². The number of hydrogen-bond donors (Lipinski definition) is 21. The maximum Gasteiger partial charge on any atom is 0.264 e. The van der Waals surface area contributed by atoms with Gasteiger partial charge in [-0.2, -0.15) is 58.9 Å². The topological polar surface area (TPSA) is 858 Å². The summed E-state index contributed by atoms with van der Waals surface area (Å²) in [6.45, 7) is -8.33. The molecule has 21 aliphatic heterocycles. The lowest BCUT2D eigenvalue weighted by molar-refractivity contribution is -0.397. The summed E-state index contributed by atoms with van der Waals surface area (Å²) in [5.74, 6) is -5.29. The van der Waals surface area contributed by atoms with Gasteiger partial charge in [-0.1, -0.05) is 0 Å². The Morgan fingerprint density at radius 2 is 0.263 bits per heavy atom. The Hall–Kier alpha value is -2.03. The van der Waals surface area contributed by atoms with Gasteiger partial charge in [0.15, 0.2) is 44.0 Å². The van der Waals surface area contributed by atoms with Crippen LogP contribution in [0.2, 0.25) is 0 Å². The van der Waals surface area contributed by atoms with Crippen molar-refractivity contribution in [2.75, 3.05) is 133 Å².